The summed E-state index contributed by atoms with van der Waals surface area (Å²) in [6.45, 7) is 7.70. The summed E-state index contributed by atoms with van der Waals surface area (Å²) >= 11 is 0. The van der Waals surface area contributed by atoms with Crippen molar-refractivity contribution in [3.05, 3.63) is 24.3 Å². The predicted octanol–water partition coefficient (Wildman–Crippen LogP) is 1.84. The van der Waals surface area contributed by atoms with Gasteiger partial charge in [-0.05, 0) is 52.7 Å². The first-order valence-corrected chi connectivity index (χ1v) is 7.73. The second-order valence-corrected chi connectivity index (χ2v) is 7.44. The van der Waals surface area contributed by atoms with E-state index in [9.17, 15) is 14.7 Å². The molecule has 0 atom stereocenters. The number of carbonyl (C=O) groups is 2. The van der Waals surface area contributed by atoms with Gasteiger partial charge in [0.2, 0.25) is 0 Å². The Morgan fingerprint density at radius 3 is 2.30 bits per heavy atom. The minimum atomic E-state index is -0.716. The fraction of sp³-hybridized carbons (Fsp3) is 0.529. The van der Waals surface area contributed by atoms with Crippen LogP contribution in [0.25, 0.3) is 0 Å². The number of aromatic hydroxyl groups is 1. The molecule has 0 unspecified atom stereocenters. The van der Waals surface area contributed by atoms with Gasteiger partial charge in [0, 0.05) is 28.9 Å². The molecule has 1 aromatic rings. The Bertz CT molecular complexity index is 607. The van der Waals surface area contributed by atoms with Crippen molar-refractivity contribution in [2.45, 2.75) is 57.7 Å². The second-order valence-electron chi connectivity index (χ2n) is 7.44. The molecule has 2 rings (SSSR count). The molecular formula is C17H25N3O3. The SMILES string of the molecule is CC1(C)CC(N)CC(C)(C)N1C(=O)C(=O)Nc1cccc(O)c1. The number of hydrogen-bond acceptors (Lipinski definition) is 4. The number of carbonyl (C=O) groups excluding carboxylic acids is 2. The highest BCUT2D eigenvalue weighted by atomic mass is 16.3. The Morgan fingerprint density at radius 1 is 1.22 bits per heavy atom. The molecule has 2 amide bonds. The molecule has 0 aliphatic carbocycles. The van der Waals surface area contributed by atoms with Crippen molar-refractivity contribution in [3.63, 3.8) is 0 Å². The number of hydrogen-bond donors (Lipinski definition) is 3. The number of nitrogens with two attached hydrogens (primary N) is 1. The van der Waals surface area contributed by atoms with Gasteiger partial charge in [0.15, 0.2) is 0 Å². The molecular weight excluding hydrogens is 294 g/mol. The predicted molar refractivity (Wildman–Crippen MR) is 88.9 cm³/mol. The number of nitrogens with zero attached hydrogens (tertiary/aromatic N) is 1. The standard InChI is InChI=1S/C17H25N3O3/c1-16(2)9-11(18)10-17(3,4)20(16)15(23)14(22)19-12-6-5-7-13(21)8-12/h5-8,11,21H,9-10,18H2,1-4H3,(H,19,22). The number of phenolic OH excluding ortho intramolecular Hbond substituents is 1. The van der Waals surface area contributed by atoms with Crippen molar-refractivity contribution in [2.24, 2.45) is 5.73 Å². The van der Waals surface area contributed by atoms with E-state index in [-0.39, 0.29) is 11.8 Å². The summed E-state index contributed by atoms with van der Waals surface area (Å²) in [6, 6.07) is 6.11. The molecule has 0 aromatic heterocycles. The molecule has 0 radical (unpaired) electrons. The zero-order valence-corrected chi connectivity index (χ0v) is 14.1. The zero-order chi connectivity index (χ0) is 17.4. The van der Waals surface area contributed by atoms with Crippen LogP contribution in [0.1, 0.15) is 40.5 Å². The van der Waals surface area contributed by atoms with Crippen LogP contribution in [-0.4, -0.2) is 38.9 Å². The van der Waals surface area contributed by atoms with Gasteiger partial charge in [0.1, 0.15) is 5.75 Å². The Hall–Kier alpha value is -2.08. The van der Waals surface area contributed by atoms with Gasteiger partial charge < -0.3 is 21.1 Å². The third-order valence-electron chi connectivity index (χ3n) is 4.24. The highest BCUT2D eigenvalue weighted by Crippen LogP contribution is 2.37. The molecule has 1 aliphatic rings. The highest BCUT2D eigenvalue weighted by Gasteiger charge is 2.48. The van der Waals surface area contributed by atoms with E-state index in [0.29, 0.717) is 18.5 Å². The van der Waals surface area contributed by atoms with Crippen LogP contribution in [0, 0.1) is 0 Å². The Morgan fingerprint density at radius 2 is 1.78 bits per heavy atom. The lowest BCUT2D eigenvalue weighted by Gasteiger charge is -2.54. The summed E-state index contributed by atoms with van der Waals surface area (Å²) in [4.78, 5) is 26.7. The Balaban J connectivity index is 2.22. The van der Waals surface area contributed by atoms with Crippen LogP contribution in [0.3, 0.4) is 0 Å². The first-order chi connectivity index (χ1) is 10.5. The van der Waals surface area contributed by atoms with Gasteiger partial charge in [-0.25, -0.2) is 0 Å². The van der Waals surface area contributed by atoms with Crippen LogP contribution < -0.4 is 11.1 Å². The first kappa shape index (κ1) is 17.3. The van der Waals surface area contributed by atoms with Gasteiger partial charge in [0.25, 0.3) is 0 Å². The van der Waals surface area contributed by atoms with E-state index < -0.39 is 22.9 Å². The molecule has 6 heteroatoms. The van der Waals surface area contributed by atoms with E-state index >= 15 is 0 Å². The van der Waals surface area contributed by atoms with Gasteiger partial charge in [-0.15, -0.1) is 0 Å². The fourth-order valence-corrected chi connectivity index (χ4v) is 3.78. The van der Waals surface area contributed by atoms with Gasteiger partial charge >= 0.3 is 11.8 Å². The topological polar surface area (TPSA) is 95.7 Å². The third kappa shape index (κ3) is 3.64. The molecule has 1 aromatic carbocycles. The zero-order valence-electron chi connectivity index (χ0n) is 14.1. The maximum atomic E-state index is 12.7. The Kier molecular flexibility index (Phi) is 4.39. The number of phenols is 1. The molecule has 1 saturated heterocycles. The van der Waals surface area contributed by atoms with Crippen molar-refractivity contribution < 1.29 is 14.7 Å². The van der Waals surface area contributed by atoms with Gasteiger partial charge in [-0.3, -0.25) is 9.59 Å². The number of amides is 2. The van der Waals surface area contributed by atoms with Crippen LogP contribution >= 0.6 is 0 Å². The second kappa shape index (κ2) is 5.85. The van der Waals surface area contributed by atoms with Crippen LogP contribution in [0.4, 0.5) is 5.69 Å². The lowest BCUT2D eigenvalue weighted by molar-refractivity contribution is -0.156. The molecule has 4 N–H and O–H groups in total. The van der Waals surface area contributed by atoms with Crippen molar-refractivity contribution in [1.29, 1.82) is 0 Å². The normalized spacial score (nSPS) is 20.1. The van der Waals surface area contributed by atoms with E-state index in [1.165, 1.54) is 12.1 Å². The number of nitrogens with one attached hydrogen (secondary N) is 1. The fourth-order valence-electron chi connectivity index (χ4n) is 3.78. The summed E-state index contributed by atoms with van der Waals surface area (Å²) in [5, 5.41) is 12.0. The van der Waals surface area contributed by atoms with E-state index in [1.807, 2.05) is 27.7 Å². The van der Waals surface area contributed by atoms with E-state index in [2.05, 4.69) is 5.32 Å². The summed E-state index contributed by atoms with van der Waals surface area (Å²) in [7, 11) is 0. The summed E-state index contributed by atoms with van der Waals surface area (Å²) in [6.07, 6.45) is 1.28. The van der Waals surface area contributed by atoms with E-state index in [4.69, 9.17) is 5.73 Å². The molecule has 0 saturated carbocycles. The Labute approximate surface area is 136 Å². The molecule has 23 heavy (non-hydrogen) atoms. The molecule has 126 valence electrons. The first-order valence-electron chi connectivity index (χ1n) is 7.73. The van der Waals surface area contributed by atoms with Crippen LogP contribution in [-0.2, 0) is 9.59 Å². The highest BCUT2D eigenvalue weighted by molar-refractivity contribution is 6.39. The van der Waals surface area contributed by atoms with E-state index in [0.717, 1.165) is 0 Å². The van der Waals surface area contributed by atoms with Crippen molar-refractivity contribution >= 4 is 17.5 Å². The number of anilines is 1. The maximum Gasteiger partial charge on any atom is 0.313 e. The average Bonchev–Trinajstić information content (AvgIpc) is 2.34. The van der Waals surface area contributed by atoms with Crippen LogP contribution in [0.2, 0.25) is 0 Å². The monoisotopic (exact) mass is 319 g/mol. The largest absolute Gasteiger partial charge is 0.508 e. The maximum absolute atomic E-state index is 12.7. The molecule has 6 nitrogen and oxygen atoms in total. The molecule has 0 bridgehead atoms. The van der Waals surface area contributed by atoms with Crippen LogP contribution in [0.15, 0.2) is 24.3 Å². The summed E-state index contributed by atoms with van der Waals surface area (Å²) < 4.78 is 0. The molecule has 1 aliphatic heterocycles. The van der Waals surface area contributed by atoms with Crippen molar-refractivity contribution in [2.75, 3.05) is 5.32 Å². The number of likely N-dealkylation sites (tertiary alicyclic amines) is 1. The lowest BCUT2D eigenvalue weighted by Crippen LogP contribution is -2.66. The number of rotatable bonds is 1. The van der Waals surface area contributed by atoms with Gasteiger partial charge in [0.05, 0.1) is 0 Å². The lowest BCUT2D eigenvalue weighted by atomic mass is 9.77. The quantitative estimate of drug-likeness (QED) is 0.688. The molecule has 1 fully saturated rings. The molecule has 1 heterocycles. The van der Waals surface area contributed by atoms with Gasteiger partial charge in [-0.2, -0.15) is 0 Å². The molecule has 0 spiro atoms. The minimum Gasteiger partial charge on any atom is -0.508 e. The van der Waals surface area contributed by atoms with Crippen LogP contribution in [0.5, 0.6) is 5.75 Å². The minimum absolute atomic E-state index is 0.00168. The third-order valence-corrected chi connectivity index (χ3v) is 4.24. The number of piperidine rings is 1. The van der Waals surface area contributed by atoms with E-state index in [1.54, 1.807) is 17.0 Å². The summed E-state index contributed by atoms with van der Waals surface area (Å²) in [5.74, 6) is -1.28. The van der Waals surface area contributed by atoms with Gasteiger partial charge in [-0.1, -0.05) is 6.07 Å². The summed E-state index contributed by atoms with van der Waals surface area (Å²) in [5.41, 5.74) is 5.47. The average molecular weight is 319 g/mol. The smallest absolute Gasteiger partial charge is 0.313 e. The van der Waals surface area contributed by atoms with Crippen molar-refractivity contribution in [3.8, 4) is 5.75 Å². The van der Waals surface area contributed by atoms with Crippen molar-refractivity contribution in [1.82, 2.24) is 4.90 Å². The number of benzene rings is 1.